The van der Waals surface area contributed by atoms with Crippen LogP contribution in [0.1, 0.15) is 25.0 Å². The number of carbonyl (C=O) groups is 2. The van der Waals surface area contributed by atoms with Gasteiger partial charge >= 0.3 is 0 Å². The van der Waals surface area contributed by atoms with Gasteiger partial charge in [0.2, 0.25) is 21.8 Å². The molecule has 32 heavy (non-hydrogen) atoms. The molecule has 0 radical (unpaired) electrons. The number of amides is 2. The van der Waals surface area contributed by atoms with Crippen molar-refractivity contribution in [2.75, 3.05) is 30.8 Å². The first kappa shape index (κ1) is 25.2. The maximum absolute atomic E-state index is 13.3. The van der Waals surface area contributed by atoms with Gasteiger partial charge in [-0.2, -0.15) is 0 Å². The van der Waals surface area contributed by atoms with Crippen molar-refractivity contribution < 1.29 is 22.7 Å². The fraction of sp³-hybridized carbons (Fsp3) is 0.391. The molecule has 2 amide bonds. The maximum Gasteiger partial charge on any atom is 0.244 e. The molecule has 2 rings (SSSR count). The molecule has 0 heterocycles. The summed E-state index contributed by atoms with van der Waals surface area (Å²) in [5.41, 5.74) is 2.21. The molecule has 9 heteroatoms. The topological polar surface area (TPSA) is 96.0 Å². The lowest BCUT2D eigenvalue weighted by Gasteiger charge is -2.31. The average molecular weight is 462 g/mol. The molecule has 1 N–H and O–H groups in total. The Labute approximate surface area is 190 Å². The highest BCUT2D eigenvalue weighted by molar-refractivity contribution is 7.92. The predicted octanol–water partition coefficient (Wildman–Crippen LogP) is 2.32. The molecular weight excluding hydrogens is 430 g/mol. The van der Waals surface area contributed by atoms with Gasteiger partial charge < -0.3 is 15.0 Å². The van der Waals surface area contributed by atoms with Crippen molar-refractivity contribution in [1.29, 1.82) is 0 Å². The molecule has 0 aromatic heterocycles. The van der Waals surface area contributed by atoms with E-state index in [1.165, 1.54) is 11.9 Å². The molecule has 0 spiro atoms. The molecule has 2 aromatic carbocycles. The molecule has 0 bridgehead atoms. The van der Waals surface area contributed by atoms with Crippen LogP contribution in [0, 0.1) is 6.92 Å². The molecule has 0 saturated heterocycles. The minimum absolute atomic E-state index is 0.177. The first-order valence-electron chi connectivity index (χ1n) is 10.3. The molecule has 1 atom stereocenters. The van der Waals surface area contributed by atoms with Gasteiger partial charge in [0.15, 0.2) is 0 Å². The fourth-order valence-corrected chi connectivity index (χ4v) is 4.14. The number of nitrogens with one attached hydrogen (secondary N) is 1. The number of carbonyl (C=O) groups excluding carboxylic acids is 2. The first-order valence-corrected chi connectivity index (χ1v) is 12.2. The second-order valence-corrected chi connectivity index (χ2v) is 9.40. The van der Waals surface area contributed by atoms with Gasteiger partial charge in [0.05, 0.1) is 18.6 Å². The molecule has 2 aromatic rings. The number of hydrogen-bond donors (Lipinski definition) is 1. The van der Waals surface area contributed by atoms with Gasteiger partial charge in [-0.25, -0.2) is 8.42 Å². The summed E-state index contributed by atoms with van der Waals surface area (Å²) in [6.07, 6.45) is 1.05. The minimum Gasteiger partial charge on any atom is -0.494 e. The molecular formula is C23H31N3O5S. The van der Waals surface area contributed by atoms with E-state index in [0.29, 0.717) is 18.0 Å². The maximum atomic E-state index is 13.3. The highest BCUT2D eigenvalue weighted by atomic mass is 32.2. The van der Waals surface area contributed by atoms with E-state index in [9.17, 15) is 18.0 Å². The van der Waals surface area contributed by atoms with Gasteiger partial charge in [0.25, 0.3) is 0 Å². The summed E-state index contributed by atoms with van der Waals surface area (Å²) in [6.45, 7) is 5.64. The minimum atomic E-state index is -3.76. The normalized spacial score (nSPS) is 12.0. The Bertz CT molecular complexity index is 1040. The number of rotatable bonds is 10. The summed E-state index contributed by atoms with van der Waals surface area (Å²) < 4.78 is 31.5. The van der Waals surface area contributed by atoms with E-state index in [4.69, 9.17) is 4.74 Å². The van der Waals surface area contributed by atoms with Crippen molar-refractivity contribution in [3.63, 3.8) is 0 Å². The second kappa shape index (κ2) is 11.0. The van der Waals surface area contributed by atoms with Crippen molar-refractivity contribution in [2.24, 2.45) is 0 Å². The first-order chi connectivity index (χ1) is 15.1. The number of benzene rings is 2. The lowest BCUT2D eigenvalue weighted by atomic mass is 10.1. The van der Waals surface area contributed by atoms with Crippen molar-refractivity contribution in [3.05, 3.63) is 59.7 Å². The summed E-state index contributed by atoms with van der Waals surface area (Å²) >= 11 is 0. The van der Waals surface area contributed by atoms with Crippen LogP contribution in [0.25, 0.3) is 0 Å². The molecule has 174 valence electrons. The lowest BCUT2D eigenvalue weighted by molar-refractivity contribution is -0.139. The molecule has 8 nitrogen and oxygen atoms in total. The van der Waals surface area contributed by atoms with E-state index in [1.54, 1.807) is 31.2 Å². The Morgan fingerprint density at radius 3 is 2.31 bits per heavy atom. The van der Waals surface area contributed by atoms with Crippen LogP contribution in [-0.4, -0.2) is 57.6 Å². The Balaban J connectivity index is 2.35. The third-order valence-corrected chi connectivity index (χ3v) is 6.10. The van der Waals surface area contributed by atoms with Gasteiger partial charge in [-0.3, -0.25) is 13.9 Å². The van der Waals surface area contributed by atoms with Crippen LogP contribution in [0.15, 0.2) is 48.5 Å². The lowest BCUT2D eigenvalue weighted by Crippen LogP contribution is -2.50. The van der Waals surface area contributed by atoms with Crippen molar-refractivity contribution in [3.8, 4) is 5.75 Å². The van der Waals surface area contributed by atoms with Gasteiger partial charge in [-0.1, -0.05) is 29.8 Å². The number of sulfonamides is 1. The van der Waals surface area contributed by atoms with Crippen molar-refractivity contribution in [1.82, 2.24) is 10.2 Å². The van der Waals surface area contributed by atoms with Crippen molar-refractivity contribution >= 4 is 27.5 Å². The smallest absolute Gasteiger partial charge is 0.244 e. The zero-order valence-electron chi connectivity index (χ0n) is 19.2. The van der Waals surface area contributed by atoms with Gasteiger partial charge in [-0.05, 0) is 50.6 Å². The Morgan fingerprint density at radius 1 is 1.12 bits per heavy atom. The summed E-state index contributed by atoms with van der Waals surface area (Å²) in [5, 5.41) is 2.55. The third-order valence-electron chi connectivity index (χ3n) is 4.96. The van der Waals surface area contributed by atoms with E-state index in [2.05, 4.69) is 5.32 Å². The van der Waals surface area contributed by atoms with Crippen LogP contribution in [0.5, 0.6) is 5.75 Å². The number of likely N-dealkylation sites (N-methyl/N-ethyl adjacent to an activating group) is 1. The Hall–Kier alpha value is -3.07. The van der Waals surface area contributed by atoms with Crippen LogP contribution < -0.4 is 14.4 Å². The summed E-state index contributed by atoms with van der Waals surface area (Å²) in [6, 6.07) is 13.3. The second-order valence-electron chi connectivity index (χ2n) is 7.50. The highest BCUT2D eigenvalue weighted by Crippen LogP contribution is 2.22. The highest BCUT2D eigenvalue weighted by Gasteiger charge is 2.29. The number of hydrogen-bond acceptors (Lipinski definition) is 5. The van der Waals surface area contributed by atoms with Gasteiger partial charge in [0, 0.05) is 13.6 Å². The van der Waals surface area contributed by atoms with Crippen LogP contribution in [0.2, 0.25) is 0 Å². The molecule has 0 aliphatic rings. The molecule has 0 saturated carbocycles. The standard InChI is InChI=1S/C23H31N3O5S/c1-6-31-21-12-10-20(11-13-21)26(32(5,29)30)16-22(27)25(18(3)23(28)24-4)15-19-9-7-8-17(2)14-19/h7-14,18H,6,15-16H2,1-5H3,(H,24,28)/t18-/m1/s1. The quantitative estimate of drug-likeness (QED) is 0.586. The van der Waals surface area contributed by atoms with E-state index in [-0.39, 0.29) is 12.5 Å². The van der Waals surface area contributed by atoms with Gasteiger partial charge in [0.1, 0.15) is 18.3 Å². The number of ether oxygens (including phenoxy) is 1. The Kier molecular flexibility index (Phi) is 8.65. The van der Waals surface area contributed by atoms with Crippen LogP contribution in [-0.2, 0) is 26.2 Å². The predicted molar refractivity (Wildman–Crippen MR) is 125 cm³/mol. The average Bonchev–Trinajstić information content (AvgIpc) is 2.75. The summed E-state index contributed by atoms with van der Waals surface area (Å²) in [4.78, 5) is 27.0. The van der Waals surface area contributed by atoms with Crippen LogP contribution in [0.3, 0.4) is 0 Å². The fourth-order valence-electron chi connectivity index (χ4n) is 3.29. The largest absolute Gasteiger partial charge is 0.494 e. The van der Waals surface area contributed by atoms with E-state index in [0.717, 1.165) is 21.7 Å². The van der Waals surface area contributed by atoms with Crippen molar-refractivity contribution in [2.45, 2.75) is 33.4 Å². The van der Waals surface area contributed by atoms with Crippen LogP contribution in [0.4, 0.5) is 5.69 Å². The number of nitrogens with zero attached hydrogens (tertiary/aromatic N) is 2. The summed E-state index contributed by atoms with van der Waals surface area (Å²) in [7, 11) is -2.26. The molecule has 0 aliphatic heterocycles. The number of anilines is 1. The molecule has 0 fully saturated rings. The summed E-state index contributed by atoms with van der Waals surface area (Å²) in [5.74, 6) is -0.217. The monoisotopic (exact) mass is 461 g/mol. The zero-order chi connectivity index (χ0) is 23.9. The third kappa shape index (κ3) is 6.71. The van der Waals surface area contributed by atoms with E-state index in [1.807, 2.05) is 38.1 Å². The number of aryl methyl sites for hydroxylation is 1. The van der Waals surface area contributed by atoms with E-state index < -0.39 is 28.5 Å². The molecule has 0 unspecified atom stereocenters. The molecule has 0 aliphatic carbocycles. The van der Waals surface area contributed by atoms with Crippen LogP contribution >= 0.6 is 0 Å². The zero-order valence-corrected chi connectivity index (χ0v) is 20.0. The van der Waals surface area contributed by atoms with E-state index >= 15 is 0 Å². The SMILES string of the molecule is CCOc1ccc(N(CC(=O)N(Cc2cccc(C)c2)[C@H](C)C(=O)NC)S(C)(=O)=O)cc1. The van der Waals surface area contributed by atoms with Gasteiger partial charge in [-0.15, -0.1) is 0 Å². The Morgan fingerprint density at radius 2 is 1.78 bits per heavy atom.